The lowest BCUT2D eigenvalue weighted by atomic mass is 10.1. The first-order valence-electron chi connectivity index (χ1n) is 5.80. The molecule has 1 atom stereocenters. The molecule has 1 heterocycles. The molecule has 0 spiro atoms. The molecule has 96 valence electrons. The molecule has 0 aromatic rings. The van der Waals surface area contributed by atoms with Crippen molar-refractivity contribution in [2.75, 3.05) is 6.54 Å². The van der Waals surface area contributed by atoms with Gasteiger partial charge in [0.25, 0.3) is 0 Å². The van der Waals surface area contributed by atoms with Crippen molar-refractivity contribution in [2.45, 2.75) is 45.2 Å². The maximum Gasteiger partial charge on any atom is 0.234 e. The Labute approximate surface area is 101 Å². The topological polar surface area (TPSA) is 92.5 Å². The summed E-state index contributed by atoms with van der Waals surface area (Å²) in [6.07, 6.45) is 0.917. The monoisotopic (exact) mass is 241 g/mol. The van der Waals surface area contributed by atoms with E-state index in [1.807, 2.05) is 13.8 Å². The van der Waals surface area contributed by atoms with E-state index in [2.05, 4.69) is 5.32 Å². The molecule has 1 aliphatic heterocycles. The van der Waals surface area contributed by atoms with Gasteiger partial charge in [-0.3, -0.25) is 19.3 Å². The predicted octanol–water partition coefficient (Wildman–Crippen LogP) is -0.623. The van der Waals surface area contributed by atoms with Gasteiger partial charge in [0, 0.05) is 25.4 Å². The number of likely N-dealkylation sites (tertiary alicyclic amines) is 1. The van der Waals surface area contributed by atoms with E-state index < -0.39 is 11.9 Å². The van der Waals surface area contributed by atoms with Crippen molar-refractivity contribution in [3.05, 3.63) is 0 Å². The van der Waals surface area contributed by atoms with E-state index in [1.54, 1.807) is 0 Å². The highest BCUT2D eigenvalue weighted by molar-refractivity contribution is 6.01. The van der Waals surface area contributed by atoms with Gasteiger partial charge in [0.1, 0.15) is 0 Å². The number of amides is 3. The zero-order valence-corrected chi connectivity index (χ0v) is 10.2. The van der Waals surface area contributed by atoms with Crippen LogP contribution in [0.3, 0.4) is 0 Å². The van der Waals surface area contributed by atoms with E-state index >= 15 is 0 Å². The lowest BCUT2D eigenvalue weighted by Crippen LogP contribution is -2.46. The lowest BCUT2D eigenvalue weighted by Gasteiger charge is -2.21. The van der Waals surface area contributed by atoms with Gasteiger partial charge < -0.3 is 11.1 Å². The number of nitrogens with two attached hydrogens (primary N) is 1. The van der Waals surface area contributed by atoms with E-state index in [0.717, 1.165) is 0 Å². The van der Waals surface area contributed by atoms with Gasteiger partial charge in [-0.25, -0.2) is 0 Å². The molecule has 6 nitrogen and oxygen atoms in total. The molecule has 3 amide bonds. The number of imide groups is 1. The number of nitrogens with one attached hydrogen (secondary N) is 1. The van der Waals surface area contributed by atoms with Crippen LogP contribution >= 0.6 is 0 Å². The second-order valence-corrected chi connectivity index (χ2v) is 4.50. The summed E-state index contributed by atoms with van der Waals surface area (Å²) in [7, 11) is 0. The molecule has 0 saturated carbocycles. The van der Waals surface area contributed by atoms with Gasteiger partial charge in [-0.05, 0) is 6.42 Å². The van der Waals surface area contributed by atoms with Crippen LogP contribution in [0.5, 0.6) is 0 Å². The van der Waals surface area contributed by atoms with Crippen LogP contribution in [0.25, 0.3) is 0 Å². The number of rotatable bonds is 6. The SMILES string of the molecule is CC(C)NC(CCN1C(=O)CCC1=O)C(N)=O. The van der Waals surface area contributed by atoms with E-state index in [-0.39, 0.29) is 37.2 Å². The molecular weight excluding hydrogens is 222 g/mol. The fourth-order valence-electron chi connectivity index (χ4n) is 1.84. The average molecular weight is 241 g/mol. The Morgan fingerprint density at radius 1 is 1.35 bits per heavy atom. The zero-order valence-electron chi connectivity index (χ0n) is 10.2. The summed E-state index contributed by atoms with van der Waals surface area (Å²) < 4.78 is 0. The fraction of sp³-hybridized carbons (Fsp3) is 0.727. The number of hydrogen-bond acceptors (Lipinski definition) is 4. The molecule has 0 radical (unpaired) electrons. The summed E-state index contributed by atoms with van der Waals surface area (Å²) in [5.41, 5.74) is 5.25. The molecule has 0 aliphatic carbocycles. The second-order valence-electron chi connectivity index (χ2n) is 4.50. The second kappa shape index (κ2) is 5.77. The van der Waals surface area contributed by atoms with Gasteiger partial charge >= 0.3 is 0 Å². The Morgan fingerprint density at radius 3 is 2.29 bits per heavy atom. The Kier molecular flexibility index (Phi) is 4.62. The van der Waals surface area contributed by atoms with E-state index in [9.17, 15) is 14.4 Å². The van der Waals surface area contributed by atoms with Crippen LogP contribution < -0.4 is 11.1 Å². The van der Waals surface area contributed by atoms with E-state index in [4.69, 9.17) is 5.73 Å². The number of hydrogen-bond donors (Lipinski definition) is 2. The Morgan fingerprint density at radius 2 is 1.88 bits per heavy atom. The molecule has 6 heteroatoms. The van der Waals surface area contributed by atoms with Crippen molar-refractivity contribution in [2.24, 2.45) is 5.73 Å². The van der Waals surface area contributed by atoms with Gasteiger partial charge in [-0.1, -0.05) is 13.8 Å². The van der Waals surface area contributed by atoms with E-state index in [1.165, 1.54) is 4.90 Å². The third kappa shape index (κ3) is 3.81. The largest absolute Gasteiger partial charge is 0.368 e. The van der Waals surface area contributed by atoms with Crippen molar-refractivity contribution in [3.8, 4) is 0 Å². The molecular formula is C11H19N3O3. The zero-order chi connectivity index (χ0) is 13.0. The van der Waals surface area contributed by atoms with Crippen LogP contribution in [0.4, 0.5) is 0 Å². The first-order valence-corrected chi connectivity index (χ1v) is 5.80. The maximum atomic E-state index is 11.4. The van der Waals surface area contributed by atoms with Gasteiger partial charge in [0.15, 0.2) is 0 Å². The quantitative estimate of drug-likeness (QED) is 0.606. The highest BCUT2D eigenvalue weighted by atomic mass is 16.2. The van der Waals surface area contributed by atoms with Crippen LogP contribution in [0.15, 0.2) is 0 Å². The molecule has 1 aliphatic rings. The minimum absolute atomic E-state index is 0.123. The molecule has 0 aromatic heterocycles. The summed E-state index contributed by atoms with van der Waals surface area (Å²) in [4.78, 5) is 35.1. The molecule has 1 fully saturated rings. The standard InChI is InChI=1S/C11H19N3O3/c1-7(2)13-8(11(12)17)5-6-14-9(15)3-4-10(14)16/h7-8,13H,3-6H2,1-2H3,(H2,12,17). The van der Waals surface area contributed by atoms with Crippen molar-refractivity contribution >= 4 is 17.7 Å². The summed E-state index contributed by atoms with van der Waals surface area (Å²) in [6.45, 7) is 4.06. The van der Waals surface area contributed by atoms with Crippen molar-refractivity contribution < 1.29 is 14.4 Å². The molecule has 17 heavy (non-hydrogen) atoms. The first kappa shape index (κ1) is 13.6. The van der Waals surface area contributed by atoms with Gasteiger partial charge in [-0.2, -0.15) is 0 Å². The number of carbonyl (C=O) groups excluding carboxylic acids is 3. The van der Waals surface area contributed by atoms with Crippen LogP contribution in [-0.4, -0.2) is 41.2 Å². The average Bonchev–Trinajstić information content (AvgIpc) is 2.53. The molecule has 1 saturated heterocycles. The Bertz CT molecular complexity index is 312. The normalized spacial score (nSPS) is 17.9. The van der Waals surface area contributed by atoms with Crippen molar-refractivity contribution in [3.63, 3.8) is 0 Å². The van der Waals surface area contributed by atoms with Crippen LogP contribution in [-0.2, 0) is 14.4 Å². The highest BCUT2D eigenvalue weighted by Crippen LogP contribution is 2.12. The lowest BCUT2D eigenvalue weighted by molar-refractivity contribution is -0.139. The first-order chi connectivity index (χ1) is 7.91. The predicted molar refractivity (Wildman–Crippen MR) is 61.8 cm³/mol. The molecule has 0 aromatic carbocycles. The minimum atomic E-state index is -0.504. The molecule has 0 bridgehead atoms. The molecule has 1 unspecified atom stereocenters. The molecule has 3 N–H and O–H groups in total. The Balaban J connectivity index is 2.49. The van der Waals surface area contributed by atoms with Crippen LogP contribution in [0.1, 0.15) is 33.1 Å². The summed E-state index contributed by atoms with van der Waals surface area (Å²) in [6, 6.07) is -0.381. The fourth-order valence-corrected chi connectivity index (χ4v) is 1.84. The number of carbonyl (C=O) groups is 3. The Hall–Kier alpha value is -1.43. The minimum Gasteiger partial charge on any atom is -0.368 e. The van der Waals surface area contributed by atoms with Crippen LogP contribution in [0.2, 0.25) is 0 Å². The summed E-state index contributed by atoms with van der Waals surface area (Å²) in [5, 5.41) is 3.01. The number of primary amides is 1. The molecule has 1 rings (SSSR count). The van der Waals surface area contributed by atoms with Gasteiger partial charge in [-0.15, -0.1) is 0 Å². The smallest absolute Gasteiger partial charge is 0.234 e. The van der Waals surface area contributed by atoms with Crippen molar-refractivity contribution in [1.82, 2.24) is 10.2 Å². The summed E-state index contributed by atoms with van der Waals surface area (Å²) in [5.74, 6) is -0.789. The van der Waals surface area contributed by atoms with E-state index in [0.29, 0.717) is 6.42 Å². The third-order valence-corrected chi connectivity index (χ3v) is 2.67. The maximum absolute atomic E-state index is 11.4. The third-order valence-electron chi connectivity index (χ3n) is 2.67. The van der Waals surface area contributed by atoms with Crippen LogP contribution in [0, 0.1) is 0 Å². The summed E-state index contributed by atoms with van der Waals surface area (Å²) >= 11 is 0. The van der Waals surface area contributed by atoms with Crippen molar-refractivity contribution in [1.29, 1.82) is 0 Å². The number of nitrogens with zero attached hydrogens (tertiary/aromatic N) is 1. The highest BCUT2D eigenvalue weighted by Gasteiger charge is 2.29. The van der Waals surface area contributed by atoms with Gasteiger partial charge in [0.05, 0.1) is 6.04 Å². The van der Waals surface area contributed by atoms with Gasteiger partial charge in [0.2, 0.25) is 17.7 Å².